The first-order valence-electron chi connectivity index (χ1n) is 7.46. The summed E-state index contributed by atoms with van der Waals surface area (Å²) in [6.45, 7) is 8.39. The Morgan fingerprint density at radius 3 is 2.32 bits per heavy atom. The van der Waals surface area contributed by atoms with E-state index in [1.807, 2.05) is 25.3 Å². The smallest absolute Gasteiger partial charge is 0.138 e. The molecule has 0 saturated heterocycles. The Labute approximate surface area is 131 Å². The summed E-state index contributed by atoms with van der Waals surface area (Å²) < 4.78 is 0. The number of nitrogen functional groups attached to an aromatic ring is 1. The highest BCUT2D eigenvalue weighted by atomic mass is 15.0. The first-order chi connectivity index (χ1) is 10.5. The second-order valence-corrected chi connectivity index (χ2v) is 5.96. The number of anilines is 3. The van der Waals surface area contributed by atoms with Crippen molar-refractivity contribution in [2.24, 2.45) is 0 Å². The third kappa shape index (κ3) is 2.39. The van der Waals surface area contributed by atoms with E-state index in [4.69, 9.17) is 5.73 Å². The molecule has 0 unspecified atom stereocenters. The van der Waals surface area contributed by atoms with E-state index in [1.165, 1.54) is 16.7 Å². The zero-order valence-electron chi connectivity index (χ0n) is 13.5. The summed E-state index contributed by atoms with van der Waals surface area (Å²) in [6, 6.07) is 10.3. The molecule has 0 amide bonds. The summed E-state index contributed by atoms with van der Waals surface area (Å²) in [4.78, 5) is 4.58. The van der Waals surface area contributed by atoms with E-state index in [2.05, 4.69) is 49.3 Å². The Kier molecular flexibility index (Phi) is 3.49. The Bertz CT molecular complexity index is 835. The van der Waals surface area contributed by atoms with Gasteiger partial charge in [-0.15, -0.1) is 0 Å². The van der Waals surface area contributed by atoms with Gasteiger partial charge in [-0.05, 0) is 50.5 Å². The summed E-state index contributed by atoms with van der Waals surface area (Å²) in [5.41, 5.74) is 12.9. The number of rotatable bonds is 2. The maximum absolute atomic E-state index is 6.14. The Hall–Kier alpha value is -2.55. The van der Waals surface area contributed by atoms with Crippen LogP contribution in [0.25, 0.3) is 10.8 Å². The van der Waals surface area contributed by atoms with E-state index >= 15 is 0 Å². The fourth-order valence-electron chi connectivity index (χ4n) is 3.10. The molecule has 3 aromatic rings. The molecule has 1 heterocycles. The lowest BCUT2D eigenvalue weighted by atomic mass is 10.0. The number of aryl methyl sites for hydroxylation is 4. The Morgan fingerprint density at radius 2 is 1.64 bits per heavy atom. The summed E-state index contributed by atoms with van der Waals surface area (Å²) in [7, 11) is 0. The molecule has 0 fully saturated rings. The topological polar surface area (TPSA) is 50.9 Å². The Balaban J connectivity index is 2.17. The molecule has 3 heteroatoms. The van der Waals surface area contributed by atoms with Crippen LogP contribution in [0, 0.1) is 27.7 Å². The molecule has 0 atom stereocenters. The van der Waals surface area contributed by atoms with Gasteiger partial charge in [-0.2, -0.15) is 0 Å². The minimum Gasteiger partial charge on any atom is -0.398 e. The standard InChI is InChI=1S/C19H21N3/c1-11-8-12(2)18(13(3)9-11)22-19-15-6-5-7-16(20)17(15)14(4)10-21-19/h5-10H,20H2,1-4H3,(H,21,22). The lowest BCUT2D eigenvalue weighted by Gasteiger charge is -2.16. The lowest BCUT2D eigenvalue weighted by molar-refractivity contribution is 1.26. The lowest BCUT2D eigenvalue weighted by Crippen LogP contribution is -2.01. The van der Waals surface area contributed by atoms with Crippen LogP contribution in [0.15, 0.2) is 36.5 Å². The van der Waals surface area contributed by atoms with Gasteiger partial charge in [0.2, 0.25) is 0 Å². The molecule has 112 valence electrons. The van der Waals surface area contributed by atoms with E-state index in [0.29, 0.717) is 0 Å². The van der Waals surface area contributed by atoms with E-state index in [9.17, 15) is 0 Å². The van der Waals surface area contributed by atoms with Crippen molar-refractivity contribution in [2.75, 3.05) is 11.1 Å². The number of nitrogens with zero attached hydrogens (tertiary/aromatic N) is 1. The molecule has 3 N–H and O–H groups in total. The van der Waals surface area contributed by atoms with E-state index in [1.54, 1.807) is 0 Å². The third-order valence-corrected chi connectivity index (χ3v) is 4.05. The van der Waals surface area contributed by atoms with Crippen LogP contribution in [0.4, 0.5) is 17.2 Å². The summed E-state index contributed by atoms with van der Waals surface area (Å²) in [6.07, 6.45) is 1.87. The average Bonchev–Trinajstić information content (AvgIpc) is 2.45. The number of pyridine rings is 1. The van der Waals surface area contributed by atoms with Crippen LogP contribution in [0.1, 0.15) is 22.3 Å². The molecular formula is C19H21N3. The van der Waals surface area contributed by atoms with Crippen molar-refractivity contribution in [3.8, 4) is 0 Å². The first-order valence-corrected chi connectivity index (χ1v) is 7.46. The highest BCUT2D eigenvalue weighted by molar-refractivity contribution is 6.02. The molecule has 3 rings (SSSR count). The van der Waals surface area contributed by atoms with Crippen LogP contribution in [-0.2, 0) is 0 Å². The molecule has 0 aliphatic heterocycles. The van der Waals surface area contributed by atoms with Gasteiger partial charge in [0.05, 0.1) is 0 Å². The van der Waals surface area contributed by atoms with E-state index < -0.39 is 0 Å². The summed E-state index contributed by atoms with van der Waals surface area (Å²) in [5, 5.41) is 5.63. The van der Waals surface area contributed by atoms with Gasteiger partial charge < -0.3 is 11.1 Å². The van der Waals surface area contributed by atoms with Crippen LogP contribution in [-0.4, -0.2) is 4.98 Å². The van der Waals surface area contributed by atoms with Crippen molar-refractivity contribution in [3.63, 3.8) is 0 Å². The van der Waals surface area contributed by atoms with Crippen LogP contribution in [0.3, 0.4) is 0 Å². The van der Waals surface area contributed by atoms with Crippen LogP contribution < -0.4 is 11.1 Å². The highest BCUT2D eigenvalue weighted by Gasteiger charge is 2.10. The summed E-state index contributed by atoms with van der Waals surface area (Å²) in [5.74, 6) is 0.850. The van der Waals surface area contributed by atoms with E-state index in [-0.39, 0.29) is 0 Å². The van der Waals surface area contributed by atoms with Crippen LogP contribution >= 0.6 is 0 Å². The van der Waals surface area contributed by atoms with Crippen LogP contribution in [0.5, 0.6) is 0 Å². The quantitative estimate of drug-likeness (QED) is 0.667. The third-order valence-electron chi connectivity index (χ3n) is 4.05. The molecule has 2 aromatic carbocycles. The predicted octanol–water partition coefficient (Wildman–Crippen LogP) is 4.79. The van der Waals surface area contributed by atoms with Gasteiger partial charge in [0.1, 0.15) is 5.82 Å². The van der Waals surface area contributed by atoms with Gasteiger partial charge in [0.15, 0.2) is 0 Å². The molecule has 22 heavy (non-hydrogen) atoms. The maximum Gasteiger partial charge on any atom is 0.138 e. The van der Waals surface area contributed by atoms with E-state index in [0.717, 1.165) is 33.5 Å². The minimum absolute atomic E-state index is 0.790. The number of hydrogen-bond acceptors (Lipinski definition) is 3. The van der Waals surface area contributed by atoms with Crippen molar-refractivity contribution in [1.29, 1.82) is 0 Å². The maximum atomic E-state index is 6.14. The van der Waals surface area contributed by atoms with Crippen molar-refractivity contribution < 1.29 is 0 Å². The average molecular weight is 291 g/mol. The summed E-state index contributed by atoms with van der Waals surface area (Å²) >= 11 is 0. The molecular weight excluding hydrogens is 270 g/mol. The second-order valence-electron chi connectivity index (χ2n) is 5.96. The number of aromatic nitrogens is 1. The van der Waals surface area contributed by atoms with Crippen molar-refractivity contribution >= 4 is 28.0 Å². The van der Waals surface area contributed by atoms with Gasteiger partial charge in [0.25, 0.3) is 0 Å². The zero-order valence-corrected chi connectivity index (χ0v) is 13.5. The van der Waals surface area contributed by atoms with Gasteiger partial charge >= 0.3 is 0 Å². The SMILES string of the molecule is Cc1cc(C)c(Nc2ncc(C)c3c(N)cccc23)c(C)c1. The van der Waals surface area contributed by atoms with Gasteiger partial charge in [-0.3, -0.25) is 0 Å². The monoisotopic (exact) mass is 291 g/mol. The molecule has 1 aromatic heterocycles. The van der Waals surface area contributed by atoms with Crippen molar-refractivity contribution in [3.05, 3.63) is 58.8 Å². The molecule has 0 aliphatic carbocycles. The van der Waals surface area contributed by atoms with Crippen molar-refractivity contribution in [1.82, 2.24) is 4.98 Å². The molecule has 0 aliphatic rings. The number of fused-ring (bicyclic) bond motifs is 1. The highest BCUT2D eigenvalue weighted by Crippen LogP contribution is 2.32. The Morgan fingerprint density at radius 1 is 0.955 bits per heavy atom. The number of nitrogens with two attached hydrogens (primary N) is 1. The normalized spacial score (nSPS) is 10.9. The van der Waals surface area contributed by atoms with Gasteiger partial charge in [-0.1, -0.05) is 29.8 Å². The zero-order chi connectivity index (χ0) is 15.9. The van der Waals surface area contributed by atoms with Gasteiger partial charge in [0, 0.05) is 28.3 Å². The number of nitrogens with one attached hydrogen (secondary N) is 1. The van der Waals surface area contributed by atoms with Gasteiger partial charge in [-0.25, -0.2) is 4.98 Å². The fraction of sp³-hybridized carbons (Fsp3) is 0.211. The number of hydrogen-bond donors (Lipinski definition) is 2. The predicted molar refractivity (Wildman–Crippen MR) is 94.8 cm³/mol. The molecule has 0 bridgehead atoms. The second kappa shape index (κ2) is 5.34. The fourth-order valence-corrected chi connectivity index (χ4v) is 3.10. The molecule has 0 saturated carbocycles. The molecule has 0 radical (unpaired) electrons. The minimum atomic E-state index is 0.790. The molecule has 0 spiro atoms. The first kappa shape index (κ1) is 14.4. The largest absolute Gasteiger partial charge is 0.398 e. The van der Waals surface area contributed by atoms with Crippen LogP contribution in [0.2, 0.25) is 0 Å². The molecule has 3 nitrogen and oxygen atoms in total. The number of benzene rings is 2. The van der Waals surface area contributed by atoms with Crippen molar-refractivity contribution in [2.45, 2.75) is 27.7 Å².